The van der Waals surface area contributed by atoms with Crippen molar-refractivity contribution in [3.63, 3.8) is 0 Å². The molecule has 0 spiro atoms. The molecule has 0 unspecified atom stereocenters. The van der Waals surface area contributed by atoms with Crippen LogP contribution in [0.3, 0.4) is 0 Å². The van der Waals surface area contributed by atoms with Gasteiger partial charge in [-0.15, -0.1) is 0 Å². The van der Waals surface area contributed by atoms with Crippen LogP contribution in [-0.2, 0) is 17.8 Å². The fraction of sp³-hybridized carbons (Fsp3) is 0.296. The summed E-state index contributed by atoms with van der Waals surface area (Å²) >= 11 is 0. The highest BCUT2D eigenvalue weighted by Crippen LogP contribution is 2.15. The summed E-state index contributed by atoms with van der Waals surface area (Å²) in [5.41, 5.74) is 2.85. The molecule has 34 heavy (non-hydrogen) atoms. The van der Waals surface area contributed by atoms with Gasteiger partial charge in [-0.05, 0) is 35.7 Å². The molecule has 0 saturated carbocycles. The third-order valence-electron chi connectivity index (χ3n) is 6.15. The van der Waals surface area contributed by atoms with Crippen LogP contribution in [0.2, 0.25) is 0 Å². The summed E-state index contributed by atoms with van der Waals surface area (Å²) in [6.45, 7) is 4.87. The Morgan fingerprint density at radius 1 is 0.882 bits per heavy atom. The van der Waals surface area contributed by atoms with Crippen LogP contribution in [-0.4, -0.2) is 58.9 Å². The molecule has 0 bridgehead atoms. The minimum atomic E-state index is -0.284. The lowest BCUT2D eigenvalue weighted by atomic mass is 10.1. The van der Waals surface area contributed by atoms with Gasteiger partial charge in [-0.3, -0.25) is 19.3 Å². The van der Waals surface area contributed by atoms with E-state index in [-0.39, 0.29) is 29.5 Å². The minimum Gasteiger partial charge on any atom is -0.336 e. The fourth-order valence-electron chi connectivity index (χ4n) is 4.23. The van der Waals surface area contributed by atoms with E-state index in [1.807, 2.05) is 59.5 Å². The predicted molar refractivity (Wildman–Crippen MR) is 133 cm³/mol. The Morgan fingerprint density at radius 2 is 1.59 bits per heavy atom. The molecule has 1 N–H and O–H groups in total. The summed E-state index contributed by atoms with van der Waals surface area (Å²) < 4.78 is 1.57. The minimum absolute atomic E-state index is 0.0625. The first-order valence-corrected chi connectivity index (χ1v) is 11.7. The Bertz CT molecular complexity index is 1200. The highest BCUT2D eigenvalue weighted by atomic mass is 16.2. The van der Waals surface area contributed by atoms with E-state index in [1.165, 1.54) is 0 Å². The Kier molecular flexibility index (Phi) is 7.54. The summed E-state index contributed by atoms with van der Waals surface area (Å²) in [6, 6.07) is 20.8. The van der Waals surface area contributed by atoms with Gasteiger partial charge in [-0.1, -0.05) is 55.5 Å². The van der Waals surface area contributed by atoms with Crippen molar-refractivity contribution in [3.8, 4) is 0 Å². The molecular formula is C27H30N4O3. The molecular weight excluding hydrogens is 428 g/mol. The second-order valence-corrected chi connectivity index (χ2v) is 8.47. The van der Waals surface area contributed by atoms with Gasteiger partial charge in [0.05, 0.1) is 13.1 Å². The summed E-state index contributed by atoms with van der Waals surface area (Å²) in [6.07, 6.45) is 2.56. The molecule has 7 heteroatoms. The summed E-state index contributed by atoms with van der Waals surface area (Å²) in [4.78, 5) is 42.3. The number of para-hydroxylation sites is 1. The van der Waals surface area contributed by atoms with Gasteiger partial charge in [0.2, 0.25) is 5.91 Å². The van der Waals surface area contributed by atoms with Gasteiger partial charge >= 0.3 is 0 Å². The number of pyridine rings is 1. The normalized spacial score (nSPS) is 14.1. The molecule has 1 aromatic heterocycles. The number of nitrogens with one attached hydrogen (secondary N) is 1. The number of aryl methyl sites for hydroxylation is 1. The number of hydrogen-bond acceptors (Lipinski definition) is 4. The summed E-state index contributed by atoms with van der Waals surface area (Å²) in [5.74, 6) is -0.319. The fourth-order valence-corrected chi connectivity index (χ4v) is 4.23. The van der Waals surface area contributed by atoms with Crippen molar-refractivity contribution in [2.75, 3.05) is 38.0 Å². The molecule has 2 heterocycles. The molecule has 1 fully saturated rings. The molecule has 3 aromatic rings. The van der Waals surface area contributed by atoms with E-state index in [1.54, 1.807) is 27.8 Å². The highest BCUT2D eigenvalue weighted by Gasteiger charge is 2.25. The zero-order valence-electron chi connectivity index (χ0n) is 19.4. The molecule has 2 amide bonds. The zero-order valence-corrected chi connectivity index (χ0v) is 19.4. The molecule has 1 aliphatic heterocycles. The standard InChI is InChI=1S/C27H30N4O3/c1-2-22-11-6-7-13-24(22)28-25(32)20-29-15-17-30(18-16-29)26(33)23-12-8-14-31(27(23)34)19-21-9-4-3-5-10-21/h3-14H,2,15-20H2,1H3,(H,28,32). The molecule has 0 atom stereocenters. The number of benzene rings is 2. The van der Waals surface area contributed by atoms with E-state index in [0.717, 1.165) is 23.2 Å². The van der Waals surface area contributed by atoms with Crippen LogP contribution in [0.5, 0.6) is 0 Å². The Labute approximate surface area is 199 Å². The maximum Gasteiger partial charge on any atom is 0.263 e. The van der Waals surface area contributed by atoms with Gasteiger partial charge in [-0.25, -0.2) is 0 Å². The van der Waals surface area contributed by atoms with E-state index in [0.29, 0.717) is 32.7 Å². The van der Waals surface area contributed by atoms with Gasteiger partial charge < -0.3 is 14.8 Å². The van der Waals surface area contributed by atoms with Gasteiger partial charge in [0.25, 0.3) is 11.5 Å². The average Bonchev–Trinajstić information content (AvgIpc) is 2.86. The number of aromatic nitrogens is 1. The number of nitrogens with zero attached hydrogens (tertiary/aromatic N) is 3. The number of amides is 2. The number of carbonyl (C=O) groups excluding carboxylic acids is 2. The van der Waals surface area contributed by atoms with Gasteiger partial charge in [0.15, 0.2) is 0 Å². The van der Waals surface area contributed by atoms with Crippen LogP contribution in [0.25, 0.3) is 0 Å². The first kappa shape index (κ1) is 23.4. The van der Waals surface area contributed by atoms with Crippen molar-refractivity contribution in [2.45, 2.75) is 19.9 Å². The van der Waals surface area contributed by atoms with Crippen LogP contribution in [0, 0.1) is 0 Å². The predicted octanol–water partition coefficient (Wildman–Crippen LogP) is 2.86. The van der Waals surface area contributed by atoms with Crippen molar-refractivity contribution in [1.29, 1.82) is 0 Å². The zero-order chi connectivity index (χ0) is 23.9. The topological polar surface area (TPSA) is 74.7 Å². The molecule has 7 nitrogen and oxygen atoms in total. The van der Waals surface area contributed by atoms with Crippen molar-refractivity contribution < 1.29 is 9.59 Å². The van der Waals surface area contributed by atoms with Crippen molar-refractivity contribution in [3.05, 3.63) is 100.0 Å². The second-order valence-electron chi connectivity index (χ2n) is 8.47. The average molecular weight is 459 g/mol. The van der Waals surface area contributed by atoms with Crippen LogP contribution in [0.4, 0.5) is 5.69 Å². The lowest BCUT2D eigenvalue weighted by molar-refractivity contribution is -0.117. The molecule has 1 aliphatic rings. The maximum atomic E-state index is 13.1. The van der Waals surface area contributed by atoms with Crippen molar-refractivity contribution in [1.82, 2.24) is 14.4 Å². The summed E-state index contributed by atoms with van der Waals surface area (Å²) in [5, 5.41) is 3.00. The van der Waals surface area contributed by atoms with E-state index < -0.39 is 0 Å². The Morgan fingerprint density at radius 3 is 2.32 bits per heavy atom. The summed E-state index contributed by atoms with van der Waals surface area (Å²) in [7, 11) is 0. The third-order valence-corrected chi connectivity index (χ3v) is 6.15. The van der Waals surface area contributed by atoms with Crippen LogP contribution in [0.1, 0.15) is 28.4 Å². The first-order chi connectivity index (χ1) is 16.5. The van der Waals surface area contributed by atoms with Crippen molar-refractivity contribution >= 4 is 17.5 Å². The maximum absolute atomic E-state index is 13.1. The van der Waals surface area contributed by atoms with E-state index >= 15 is 0 Å². The number of hydrogen-bond donors (Lipinski definition) is 1. The highest BCUT2D eigenvalue weighted by molar-refractivity contribution is 5.94. The number of rotatable bonds is 7. The molecule has 4 rings (SSSR count). The monoisotopic (exact) mass is 458 g/mol. The second kappa shape index (κ2) is 10.9. The first-order valence-electron chi connectivity index (χ1n) is 11.7. The van der Waals surface area contributed by atoms with Crippen LogP contribution >= 0.6 is 0 Å². The van der Waals surface area contributed by atoms with Gasteiger partial charge in [0.1, 0.15) is 5.56 Å². The lowest BCUT2D eigenvalue weighted by Gasteiger charge is -2.34. The Balaban J connectivity index is 1.33. The van der Waals surface area contributed by atoms with E-state index in [9.17, 15) is 14.4 Å². The third kappa shape index (κ3) is 5.61. The number of anilines is 1. The lowest BCUT2D eigenvalue weighted by Crippen LogP contribution is -2.51. The Hall–Kier alpha value is -3.71. The van der Waals surface area contributed by atoms with Crippen molar-refractivity contribution in [2.24, 2.45) is 0 Å². The van der Waals surface area contributed by atoms with E-state index in [2.05, 4.69) is 12.2 Å². The van der Waals surface area contributed by atoms with Crippen LogP contribution in [0.15, 0.2) is 77.7 Å². The quantitative estimate of drug-likeness (QED) is 0.591. The smallest absolute Gasteiger partial charge is 0.263 e. The number of carbonyl (C=O) groups is 2. The molecule has 0 radical (unpaired) electrons. The van der Waals surface area contributed by atoms with Gasteiger partial charge in [-0.2, -0.15) is 0 Å². The molecule has 1 saturated heterocycles. The molecule has 0 aliphatic carbocycles. The SMILES string of the molecule is CCc1ccccc1NC(=O)CN1CCN(C(=O)c2cccn(Cc3ccccc3)c2=O)CC1. The largest absolute Gasteiger partial charge is 0.336 e. The van der Waals surface area contributed by atoms with Gasteiger partial charge in [0, 0.05) is 38.1 Å². The number of piperazine rings is 1. The molecule has 2 aromatic carbocycles. The van der Waals surface area contributed by atoms with E-state index in [4.69, 9.17) is 0 Å². The molecule has 176 valence electrons. The van der Waals surface area contributed by atoms with Crippen LogP contribution < -0.4 is 10.9 Å².